The van der Waals surface area contributed by atoms with Gasteiger partial charge in [0.15, 0.2) is 0 Å². The van der Waals surface area contributed by atoms with Crippen LogP contribution in [0.3, 0.4) is 0 Å². The third-order valence-corrected chi connectivity index (χ3v) is 2.61. The first-order valence-electron chi connectivity index (χ1n) is 5.26. The predicted octanol–water partition coefficient (Wildman–Crippen LogP) is 2.57. The van der Waals surface area contributed by atoms with E-state index < -0.39 is 0 Å². The molecule has 0 aliphatic heterocycles. The van der Waals surface area contributed by atoms with Gasteiger partial charge in [0.1, 0.15) is 11.8 Å². The monoisotopic (exact) mass is 227 g/mol. The number of aryl methyl sites for hydroxylation is 2. The molecule has 0 bridgehead atoms. The second-order valence-electron chi connectivity index (χ2n) is 3.92. The molecule has 0 saturated carbocycles. The summed E-state index contributed by atoms with van der Waals surface area (Å²) in [6.45, 7) is 4.03. The molecule has 0 amide bonds. The Morgan fingerprint density at radius 1 is 1.35 bits per heavy atom. The Morgan fingerprint density at radius 2 is 2.12 bits per heavy atom. The van der Waals surface area contributed by atoms with Gasteiger partial charge in [-0.1, -0.05) is 6.07 Å². The number of rotatable bonds is 2. The van der Waals surface area contributed by atoms with Crippen LogP contribution in [0, 0.1) is 25.2 Å². The molecule has 0 atom stereocenters. The minimum atomic E-state index is 0.307. The molecule has 0 unspecified atom stereocenters. The van der Waals surface area contributed by atoms with E-state index in [9.17, 15) is 0 Å². The van der Waals surface area contributed by atoms with E-state index in [2.05, 4.69) is 16.0 Å². The Balaban J connectivity index is 2.62. The number of hydrogen-bond donors (Lipinski definition) is 1. The van der Waals surface area contributed by atoms with Gasteiger partial charge < -0.3 is 9.72 Å². The van der Waals surface area contributed by atoms with Crippen molar-refractivity contribution in [2.45, 2.75) is 13.8 Å². The molecule has 1 aromatic heterocycles. The highest BCUT2D eigenvalue weighted by Gasteiger charge is 2.12. The lowest BCUT2D eigenvalue weighted by Gasteiger charge is -2.11. The maximum Gasteiger partial charge on any atom is 0.210 e. The Labute approximate surface area is 99.9 Å². The average Bonchev–Trinajstić information content (AvgIpc) is 2.76. The van der Waals surface area contributed by atoms with Gasteiger partial charge in [-0.05, 0) is 31.0 Å². The van der Waals surface area contributed by atoms with Crippen molar-refractivity contribution in [1.82, 2.24) is 9.97 Å². The Bertz CT molecular complexity index is 593. The van der Waals surface area contributed by atoms with Gasteiger partial charge in [-0.25, -0.2) is 4.98 Å². The molecule has 1 heterocycles. The average molecular weight is 227 g/mol. The summed E-state index contributed by atoms with van der Waals surface area (Å²) in [5.41, 5.74) is 3.99. The largest absolute Gasteiger partial charge is 0.496 e. The van der Waals surface area contributed by atoms with Crippen LogP contribution in [0.4, 0.5) is 0 Å². The summed E-state index contributed by atoms with van der Waals surface area (Å²) in [7, 11) is 1.64. The summed E-state index contributed by atoms with van der Waals surface area (Å²) in [5, 5.41) is 8.76. The standard InChI is InChI=1S/C13H13N3O/c1-8-4-9(2)13(11(5-8)17-3)10-7-15-12(6-14)16-10/h4-5,7H,1-3H3,(H,15,16). The van der Waals surface area contributed by atoms with Crippen LogP contribution < -0.4 is 4.74 Å². The Morgan fingerprint density at radius 3 is 2.71 bits per heavy atom. The minimum absolute atomic E-state index is 0.307. The van der Waals surface area contributed by atoms with E-state index in [1.54, 1.807) is 13.3 Å². The maximum atomic E-state index is 8.76. The SMILES string of the molecule is COc1cc(C)cc(C)c1-c1cnc(C#N)[nH]1. The number of methoxy groups -OCH3 is 1. The number of nitrogens with one attached hydrogen (secondary N) is 1. The van der Waals surface area contributed by atoms with Crippen LogP contribution >= 0.6 is 0 Å². The lowest BCUT2D eigenvalue weighted by atomic mass is 10.0. The second-order valence-corrected chi connectivity index (χ2v) is 3.92. The van der Waals surface area contributed by atoms with Crippen LogP contribution in [0.1, 0.15) is 17.0 Å². The minimum Gasteiger partial charge on any atom is -0.496 e. The fraction of sp³-hybridized carbons (Fsp3) is 0.231. The van der Waals surface area contributed by atoms with Crippen molar-refractivity contribution in [2.75, 3.05) is 7.11 Å². The Kier molecular flexibility index (Phi) is 2.84. The number of imidazole rings is 1. The van der Waals surface area contributed by atoms with E-state index in [4.69, 9.17) is 10.00 Å². The second kappa shape index (κ2) is 4.30. The molecular formula is C13H13N3O. The molecule has 2 aromatic rings. The molecule has 1 aromatic carbocycles. The van der Waals surface area contributed by atoms with Gasteiger partial charge in [0.25, 0.3) is 0 Å². The molecule has 86 valence electrons. The number of nitriles is 1. The van der Waals surface area contributed by atoms with Gasteiger partial charge in [0.2, 0.25) is 5.82 Å². The van der Waals surface area contributed by atoms with E-state index in [1.807, 2.05) is 26.0 Å². The molecular weight excluding hydrogens is 214 g/mol. The normalized spacial score (nSPS) is 10.0. The predicted molar refractivity (Wildman–Crippen MR) is 64.8 cm³/mol. The fourth-order valence-corrected chi connectivity index (χ4v) is 1.94. The number of H-pyrrole nitrogens is 1. The molecule has 0 spiro atoms. The number of hydrogen-bond acceptors (Lipinski definition) is 3. The van der Waals surface area contributed by atoms with Gasteiger partial charge in [-0.2, -0.15) is 5.26 Å². The molecule has 4 nitrogen and oxygen atoms in total. The van der Waals surface area contributed by atoms with E-state index in [0.717, 1.165) is 28.1 Å². The van der Waals surface area contributed by atoms with Crippen molar-refractivity contribution in [2.24, 2.45) is 0 Å². The summed E-state index contributed by atoms with van der Waals surface area (Å²) in [4.78, 5) is 6.94. The third kappa shape index (κ3) is 2.00. The summed E-state index contributed by atoms with van der Waals surface area (Å²) >= 11 is 0. The van der Waals surface area contributed by atoms with E-state index in [-0.39, 0.29) is 0 Å². The molecule has 0 saturated heterocycles. The first kappa shape index (κ1) is 11.2. The third-order valence-electron chi connectivity index (χ3n) is 2.61. The number of aromatic amines is 1. The zero-order valence-corrected chi connectivity index (χ0v) is 10.0. The first-order valence-corrected chi connectivity index (χ1v) is 5.26. The van der Waals surface area contributed by atoms with E-state index in [1.165, 1.54) is 0 Å². The molecule has 0 aliphatic carbocycles. The van der Waals surface area contributed by atoms with Crippen molar-refractivity contribution in [3.05, 3.63) is 35.3 Å². The molecule has 0 radical (unpaired) electrons. The van der Waals surface area contributed by atoms with Gasteiger partial charge in [-0.3, -0.25) is 0 Å². The summed E-state index contributed by atoms with van der Waals surface area (Å²) in [6, 6.07) is 6.02. The highest BCUT2D eigenvalue weighted by atomic mass is 16.5. The van der Waals surface area contributed by atoms with Gasteiger partial charge >= 0.3 is 0 Å². The summed E-state index contributed by atoms with van der Waals surface area (Å²) in [5.74, 6) is 1.10. The van der Waals surface area contributed by atoms with Crippen LogP contribution in [0.15, 0.2) is 18.3 Å². The molecule has 1 N–H and O–H groups in total. The number of aromatic nitrogens is 2. The molecule has 0 fully saturated rings. The lowest BCUT2D eigenvalue weighted by Crippen LogP contribution is -1.93. The van der Waals surface area contributed by atoms with Crippen molar-refractivity contribution in [1.29, 1.82) is 5.26 Å². The van der Waals surface area contributed by atoms with Crippen LogP contribution in [-0.4, -0.2) is 17.1 Å². The number of ether oxygens (including phenoxy) is 1. The van der Waals surface area contributed by atoms with Crippen molar-refractivity contribution >= 4 is 0 Å². The van der Waals surface area contributed by atoms with Gasteiger partial charge in [-0.15, -0.1) is 0 Å². The van der Waals surface area contributed by atoms with Crippen molar-refractivity contribution in [3.63, 3.8) is 0 Å². The number of nitrogens with zero attached hydrogens (tertiary/aromatic N) is 2. The zero-order chi connectivity index (χ0) is 12.4. The fourth-order valence-electron chi connectivity index (χ4n) is 1.94. The summed E-state index contributed by atoms with van der Waals surface area (Å²) in [6.07, 6.45) is 1.65. The van der Waals surface area contributed by atoms with E-state index in [0.29, 0.717) is 5.82 Å². The van der Waals surface area contributed by atoms with Crippen LogP contribution in [0.2, 0.25) is 0 Å². The van der Waals surface area contributed by atoms with Gasteiger partial charge in [0.05, 0.1) is 19.0 Å². The van der Waals surface area contributed by atoms with Gasteiger partial charge in [0, 0.05) is 5.56 Å². The quantitative estimate of drug-likeness (QED) is 0.857. The first-order chi connectivity index (χ1) is 8.15. The van der Waals surface area contributed by atoms with Crippen molar-refractivity contribution in [3.8, 4) is 23.1 Å². The maximum absolute atomic E-state index is 8.76. The number of benzene rings is 1. The zero-order valence-electron chi connectivity index (χ0n) is 10.0. The molecule has 2 rings (SSSR count). The molecule has 4 heteroatoms. The van der Waals surface area contributed by atoms with Crippen LogP contribution in [-0.2, 0) is 0 Å². The van der Waals surface area contributed by atoms with Crippen LogP contribution in [0.5, 0.6) is 5.75 Å². The molecule has 0 aliphatic rings. The van der Waals surface area contributed by atoms with E-state index >= 15 is 0 Å². The highest BCUT2D eigenvalue weighted by molar-refractivity contribution is 5.71. The lowest BCUT2D eigenvalue weighted by molar-refractivity contribution is 0.415. The Hall–Kier alpha value is -2.28. The molecule has 17 heavy (non-hydrogen) atoms. The van der Waals surface area contributed by atoms with Crippen LogP contribution in [0.25, 0.3) is 11.3 Å². The topological polar surface area (TPSA) is 61.7 Å². The smallest absolute Gasteiger partial charge is 0.210 e. The van der Waals surface area contributed by atoms with Crippen molar-refractivity contribution < 1.29 is 4.74 Å². The highest BCUT2D eigenvalue weighted by Crippen LogP contribution is 2.33. The summed E-state index contributed by atoms with van der Waals surface area (Å²) < 4.78 is 5.37.